The summed E-state index contributed by atoms with van der Waals surface area (Å²) in [7, 11) is 0. The van der Waals surface area contributed by atoms with Gasteiger partial charge in [-0.1, -0.05) is 25.1 Å². The standard InChI is InChI=1S/C18H28N2S/c1-4-18(3)13-20(14(2)9-10-19-18)11-15-12-21-17-8-6-5-7-16(15)17/h5-8,14-15,19H,4,9-13H2,1-3H3. The van der Waals surface area contributed by atoms with Crippen LogP contribution in [0, 0.1) is 0 Å². The molecule has 2 heterocycles. The molecule has 116 valence electrons. The third kappa shape index (κ3) is 3.30. The third-order valence-corrected chi connectivity index (χ3v) is 6.58. The molecule has 2 aliphatic heterocycles. The van der Waals surface area contributed by atoms with Crippen LogP contribution in [-0.4, -0.2) is 41.9 Å². The number of hydrogen-bond donors (Lipinski definition) is 1. The van der Waals surface area contributed by atoms with Gasteiger partial charge in [0.05, 0.1) is 0 Å². The van der Waals surface area contributed by atoms with Crippen molar-refractivity contribution in [3.63, 3.8) is 0 Å². The quantitative estimate of drug-likeness (QED) is 0.916. The predicted octanol–water partition coefficient (Wildman–Crippen LogP) is 3.73. The van der Waals surface area contributed by atoms with Crippen LogP contribution in [0.5, 0.6) is 0 Å². The van der Waals surface area contributed by atoms with Gasteiger partial charge in [-0.05, 0) is 44.9 Å². The molecule has 2 aliphatic rings. The van der Waals surface area contributed by atoms with Crippen LogP contribution in [0.4, 0.5) is 0 Å². The molecule has 1 N–H and O–H groups in total. The van der Waals surface area contributed by atoms with E-state index in [1.807, 2.05) is 11.8 Å². The number of hydrogen-bond acceptors (Lipinski definition) is 3. The molecule has 3 rings (SSSR count). The second-order valence-corrected chi connectivity index (χ2v) is 8.02. The van der Waals surface area contributed by atoms with Gasteiger partial charge in [0.1, 0.15) is 0 Å². The predicted molar refractivity (Wildman–Crippen MR) is 92.3 cm³/mol. The van der Waals surface area contributed by atoms with Crippen molar-refractivity contribution in [2.24, 2.45) is 0 Å². The van der Waals surface area contributed by atoms with Crippen molar-refractivity contribution >= 4 is 11.8 Å². The van der Waals surface area contributed by atoms with E-state index in [4.69, 9.17) is 0 Å². The Kier molecular flexibility index (Phi) is 4.63. The van der Waals surface area contributed by atoms with Crippen molar-refractivity contribution < 1.29 is 0 Å². The number of nitrogens with one attached hydrogen (secondary N) is 1. The van der Waals surface area contributed by atoms with Crippen LogP contribution in [0.25, 0.3) is 0 Å². The first kappa shape index (κ1) is 15.4. The molecule has 1 fully saturated rings. The molecule has 1 saturated heterocycles. The van der Waals surface area contributed by atoms with E-state index in [9.17, 15) is 0 Å². The topological polar surface area (TPSA) is 15.3 Å². The van der Waals surface area contributed by atoms with E-state index in [-0.39, 0.29) is 5.54 Å². The van der Waals surface area contributed by atoms with Crippen molar-refractivity contribution in [2.45, 2.75) is 56.0 Å². The van der Waals surface area contributed by atoms with Gasteiger partial charge in [0.25, 0.3) is 0 Å². The van der Waals surface area contributed by atoms with Crippen LogP contribution in [-0.2, 0) is 0 Å². The van der Waals surface area contributed by atoms with E-state index in [0.29, 0.717) is 12.0 Å². The lowest BCUT2D eigenvalue weighted by atomic mass is 9.96. The zero-order valence-electron chi connectivity index (χ0n) is 13.6. The second kappa shape index (κ2) is 6.31. The number of benzene rings is 1. The number of fused-ring (bicyclic) bond motifs is 1. The SMILES string of the molecule is CCC1(C)CN(CC2CSc3ccccc32)C(C)CCN1. The minimum absolute atomic E-state index is 0.274. The Morgan fingerprint density at radius 1 is 1.38 bits per heavy atom. The molecular formula is C18H28N2S. The van der Waals surface area contributed by atoms with E-state index in [1.165, 1.54) is 36.6 Å². The van der Waals surface area contributed by atoms with Gasteiger partial charge in [-0.15, -0.1) is 11.8 Å². The molecule has 2 nitrogen and oxygen atoms in total. The number of thioether (sulfide) groups is 1. The zero-order valence-corrected chi connectivity index (χ0v) is 14.4. The van der Waals surface area contributed by atoms with Crippen LogP contribution < -0.4 is 5.32 Å². The summed E-state index contributed by atoms with van der Waals surface area (Å²) < 4.78 is 0. The largest absolute Gasteiger partial charge is 0.310 e. The van der Waals surface area contributed by atoms with Crippen LogP contribution >= 0.6 is 11.8 Å². The van der Waals surface area contributed by atoms with Crippen molar-refractivity contribution in [3.8, 4) is 0 Å². The van der Waals surface area contributed by atoms with E-state index >= 15 is 0 Å². The molecule has 21 heavy (non-hydrogen) atoms. The molecule has 0 aromatic heterocycles. The Balaban J connectivity index is 1.74. The monoisotopic (exact) mass is 304 g/mol. The molecule has 1 aromatic rings. The molecule has 0 amide bonds. The van der Waals surface area contributed by atoms with Crippen LogP contribution in [0.15, 0.2) is 29.2 Å². The first-order valence-electron chi connectivity index (χ1n) is 8.32. The van der Waals surface area contributed by atoms with Gasteiger partial charge in [0.2, 0.25) is 0 Å². The summed E-state index contributed by atoms with van der Waals surface area (Å²) in [5, 5.41) is 3.77. The molecule has 1 aromatic carbocycles. The maximum Gasteiger partial charge on any atom is 0.0277 e. The van der Waals surface area contributed by atoms with E-state index in [1.54, 1.807) is 5.56 Å². The van der Waals surface area contributed by atoms with Gasteiger partial charge in [-0.2, -0.15) is 0 Å². The summed E-state index contributed by atoms with van der Waals surface area (Å²) in [5.41, 5.74) is 1.85. The normalized spacial score (nSPS) is 33.7. The lowest BCUT2D eigenvalue weighted by Gasteiger charge is -2.36. The molecule has 0 bridgehead atoms. The summed E-state index contributed by atoms with van der Waals surface area (Å²) in [4.78, 5) is 4.23. The maximum absolute atomic E-state index is 3.77. The molecule has 0 aliphatic carbocycles. The number of rotatable bonds is 3. The van der Waals surface area contributed by atoms with Crippen LogP contribution in [0.3, 0.4) is 0 Å². The van der Waals surface area contributed by atoms with Gasteiger partial charge >= 0.3 is 0 Å². The van der Waals surface area contributed by atoms with Gasteiger partial charge in [-0.25, -0.2) is 0 Å². The molecule has 3 atom stereocenters. The van der Waals surface area contributed by atoms with Crippen molar-refractivity contribution in [1.29, 1.82) is 0 Å². The summed E-state index contributed by atoms with van der Waals surface area (Å²) in [6.45, 7) is 10.6. The lowest BCUT2D eigenvalue weighted by Crippen LogP contribution is -2.50. The lowest BCUT2D eigenvalue weighted by molar-refractivity contribution is 0.164. The first-order chi connectivity index (χ1) is 10.1. The Morgan fingerprint density at radius 3 is 3.00 bits per heavy atom. The maximum atomic E-state index is 3.77. The van der Waals surface area contributed by atoms with Gasteiger partial charge in [0, 0.05) is 41.2 Å². The Hall–Kier alpha value is -0.510. The Morgan fingerprint density at radius 2 is 2.19 bits per heavy atom. The molecule has 3 unspecified atom stereocenters. The fourth-order valence-electron chi connectivity index (χ4n) is 3.57. The van der Waals surface area contributed by atoms with Crippen LogP contribution in [0.1, 0.15) is 45.1 Å². The van der Waals surface area contributed by atoms with E-state index < -0.39 is 0 Å². The molecule has 0 radical (unpaired) electrons. The zero-order chi connectivity index (χ0) is 14.9. The number of nitrogens with zero attached hydrogens (tertiary/aromatic N) is 1. The minimum Gasteiger partial charge on any atom is -0.310 e. The molecule has 0 spiro atoms. The summed E-state index contributed by atoms with van der Waals surface area (Å²) in [6.07, 6.45) is 2.46. The van der Waals surface area contributed by atoms with Crippen molar-refractivity contribution in [3.05, 3.63) is 29.8 Å². The second-order valence-electron chi connectivity index (χ2n) is 6.95. The van der Waals surface area contributed by atoms with Crippen LogP contribution in [0.2, 0.25) is 0 Å². The fourth-order valence-corrected chi connectivity index (χ4v) is 4.81. The highest BCUT2D eigenvalue weighted by Crippen LogP contribution is 2.40. The Labute approximate surface area is 133 Å². The summed E-state index contributed by atoms with van der Waals surface area (Å²) >= 11 is 2.03. The van der Waals surface area contributed by atoms with Crippen molar-refractivity contribution in [1.82, 2.24) is 10.2 Å². The smallest absolute Gasteiger partial charge is 0.0277 e. The highest BCUT2D eigenvalue weighted by Gasteiger charge is 2.33. The first-order valence-corrected chi connectivity index (χ1v) is 9.30. The molecular weight excluding hydrogens is 276 g/mol. The molecule has 3 heteroatoms. The van der Waals surface area contributed by atoms with Gasteiger partial charge in [0.15, 0.2) is 0 Å². The molecule has 0 saturated carbocycles. The Bertz CT molecular complexity index is 490. The average molecular weight is 305 g/mol. The highest BCUT2D eigenvalue weighted by molar-refractivity contribution is 7.99. The highest BCUT2D eigenvalue weighted by atomic mass is 32.2. The average Bonchev–Trinajstić information content (AvgIpc) is 2.83. The third-order valence-electron chi connectivity index (χ3n) is 5.32. The fraction of sp³-hybridized carbons (Fsp3) is 0.667. The van der Waals surface area contributed by atoms with E-state index in [2.05, 4.69) is 55.3 Å². The minimum atomic E-state index is 0.274. The van der Waals surface area contributed by atoms with Gasteiger partial charge < -0.3 is 5.32 Å². The van der Waals surface area contributed by atoms with Crippen molar-refractivity contribution in [2.75, 3.05) is 25.4 Å². The summed E-state index contributed by atoms with van der Waals surface area (Å²) in [6, 6.07) is 9.66. The van der Waals surface area contributed by atoms with E-state index in [0.717, 1.165) is 6.54 Å². The summed E-state index contributed by atoms with van der Waals surface area (Å²) in [5.74, 6) is 1.95. The van der Waals surface area contributed by atoms with Gasteiger partial charge in [-0.3, -0.25) is 4.90 Å².